The van der Waals surface area contributed by atoms with E-state index in [4.69, 9.17) is 9.47 Å². The maximum absolute atomic E-state index is 11.7. The molecule has 3 rings (SSSR count). The lowest BCUT2D eigenvalue weighted by molar-refractivity contribution is -0.139. The van der Waals surface area contributed by atoms with Crippen LogP contribution in [0.25, 0.3) is 17.1 Å². The Morgan fingerprint density at radius 2 is 1.81 bits per heavy atom. The van der Waals surface area contributed by atoms with Gasteiger partial charge in [-0.1, -0.05) is 11.8 Å². The first kappa shape index (κ1) is 18.8. The summed E-state index contributed by atoms with van der Waals surface area (Å²) < 4.78 is 12.1. The molecule has 27 heavy (non-hydrogen) atoms. The molecular weight excluding hydrogens is 366 g/mol. The van der Waals surface area contributed by atoms with Crippen molar-refractivity contribution in [2.45, 2.75) is 12.1 Å². The molecule has 140 valence electrons. The molecule has 0 saturated heterocycles. The number of carbonyl (C=O) groups excluding carboxylic acids is 1. The number of esters is 1. The van der Waals surface area contributed by atoms with Crippen LogP contribution in [-0.2, 0) is 9.53 Å². The summed E-state index contributed by atoms with van der Waals surface area (Å²) in [5.74, 6) is 1.34. The van der Waals surface area contributed by atoms with Crippen molar-refractivity contribution >= 4 is 17.7 Å². The summed E-state index contributed by atoms with van der Waals surface area (Å²) in [5, 5.41) is 18.6. The van der Waals surface area contributed by atoms with Crippen LogP contribution in [0.1, 0.15) is 6.92 Å². The van der Waals surface area contributed by atoms with Gasteiger partial charge in [-0.15, -0.1) is 10.2 Å². The molecule has 2 aromatic carbocycles. The molecule has 1 N–H and O–H groups in total. The van der Waals surface area contributed by atoms with Gasteiger partial charge in [0.1, 0.15) is 11.5 Å². The molecule has 0 atom stereocenters. The quantitative estimate of drug-likeness (QED) is 0.493. The van der Waals surface area contributed by atoms with Gasteiger partial charge in [-0.2, -0.15) is 0 Å². The smallest absolute Gasteiger partial charge is 0.316 e. The van der Waals surface area contributed by atoms with Crippen LogP contribution in [0.2, 0.25) is 0 Å². The fourth-order valence-electron chi connectivity index (χ4n) is 2.45. The highest BCUT2D eigenvalue weighted by Gasteiger charge is 2.17. The molecule has 0 fully saturated rings. The number of benzene rings is 2. The summed E-state index contributed by atoms with van der Waals surface area (Å²) in [7, 11) is 1.61. The lowest BCUT2D eigenvalue weighted by atomic mass is 10.2. The van der Waals surface area contributed by atoms with Crippen LogP contribution in [0, 0.1) is 0 Å². The standard InChI is InChI=1S/C19H19N3O4S/c1-3-26-17(24)12-27-19-21-20-18(13-4-8-15(23)9-5-13)22(19)14-6-10-16(25-2)11-7-14/h4-11,23H,3,12H2,1-2H3. The van der Waals surface area contributed by atoms with Crippen LogP contribution < -0.4 is 4.74 Å². The second-order valence-corrected chi connectivity index (χ2v) is 6.42. The molecule has 0 aliphatic carbocycles. The number of rotatable bonds is 7. The highest BCUT2D eigenvalue weighted by molar-refractivity contribution is 7.99. The molecule has 0 radical (unpaired) electrons. The van der Waals surface area contributed by atoms with Crippen molar-refractivity contribution in [3.05, 3.63) is 48.5 Å². The SMILES string of the molecule is CCOC(=O)CSc1nnc(-c2ccc(O)cc2)n1-c1ccc(OC)cc1. The molecule has 3 aromatic rings. The van der Waals surface area contributed by atoms with Gasteiger partial charge in [0, 0.05) is 11.3 Å². The average Bonchev–Trinajstić information content (AvgIpc) is 3.11. The number of ether oxygens (including phenoxy) is 2. The zero-order valence-electron chi connectivity index (χ0n) is 15.0. The van der Waals surface area contributed by atoms with Gasteiger partial charge >= 0.3 is 5.97 Å². The van der Waals surface area contributed by atoms with Crippen molar-refractivity contribution in [3.8, 4) is 28.6 Å². The number of thioether (sulfide) groups is 1. The first-order chi connectivity index (χ1) is 13.1. The summed E-state index contributed by atoms with van der Waals surface area (Å²) >= 11 is 1.25. The number of aromatic nitrogens is 3. The van der Waals surface area contributed by atoms with Crippen molar-refractivity contribution < 1.29 is 19.4 Å². The van der Waals surface area contributed by atoms with Gasteiger partial charge < -0.3 is 14.6 Å². The Kier molecular flexibility index (Phi) is 5.97. The van der Waals surface area contributed by atoms with E-state index < -0.39 is 0 Å². The summed E-state index contributed by atoms with van der Waals surface area (Å²) in [6, 6.07) is 14.2. The van der Waals surface area contributed by atoms with Crippen LogP contribution in [0.3, 0.4) is 0 Å². The first-order valence-electron chi connectivity index (χ1n) is 8.30. The third-order valence-electron chi connectivity index (χ3n) is 3.71. The number of methoxy groups -OCH3 is 1. The molecular formula is C19H19N3O4S. The fourth-order valence-corrected chi connectivity index (χ4v) is 3.20. The Bertz CT molecular complexity index is 908. The largest absolute Gasteiger partial charge is 0.508 e. The van der Waals surface area contributed by atoms with E-state index >= 15 is 0 Å². The highest BCUT2D eigenvalue weighted by atomic mass is 32.2. The Balaban J connectivity index is 2.00. The van der Waals surface area contributed by atoms with E-state index in [0.717, 1.165) is 17.0 Å². The summed E-state index contributed by atoms with van der Waals surface area (Å²) in [6.07, 6.45) is 0. The molecule has 0 bridgehead atoms. The Morgan fingerprint density at radius 3 is 2.44 bits per heavy atom. The van der Waals surface area contributed by atoms with E-state index in [9.17, 15) is 9.90 Å². The van der Waals surface area contributed by atoms with Gasteiger partial charge in [-0.25, -0.2) is 0 Å². The van der Waals surface area contributed by atoms with E-state index in [-0.39, 0.29) is 17.5 Å². The predicted molar refractivity (Wildman–Crippen MR) is 102 cm³/mol. The first-order valence-corrected chi connectivity index (χ1v) is 9.28. The number of phenolic OH excluding ortho intramolecular Hbond substituents is 1. The van der Waals surface area contributed by atoms with Gasteiger partial charge in [0.2, 0.25) is 0 Å². The van der Waals surface area contributed by atoms with Crippen molar-refractivity contribution in [1.29, 1.82) is 0 Å². The van der Waals surface area contributed by atoms with Crippen molar-refractivity contribution in [2.75, 3.05) is 19.5 Å². The minimum atomic E-state index is -0.307. The van der Waals surface area contributed by atoms with Crippen LogP contribution in [0.15, 0.2) is 53.7 Å². The molecule has 8 heteroatoms. The van der Waals surface area contributed by atoms with Gasteiger partial charge in [-0.3, -0.25) is 9.36 Å². The lowest BCUT2D eigenvalue weighted by Gasteiger charge is -2.11. The molecule has 0 saturated carbocycles. The van der Waals surface area contributed by atoms with E-state index in [1.807, 2.05) is 28.8 Å². The summed E-state index contributed by atoms with van der Waals surface area (Å²) in [5.41, 5.74) is 1.62. The number of hydrogen-bond acceptors (Lipinski definition) is 7. The van der Waals surface area contributed by atoms with Gasteiger partial charge in [0.05, 0.1) is 19.5 Å². The number of aromatic hydroxyl groups is 1. The van der Waals surface area contributed by atoms with Crippen LogP contribution in [0.5, 0.6) is 11.5 Å². The fraction of sp³-hybridized carbons (Fsp3) is 0.211. The van der Waals surface area contributed by atoms with Crippen LogP contribution >= 0.6 is 11.8 Å². The third kappa shape index (κ3) is 4.40. The van der Waals surface area contributed by atoms with E-state index in [1.165, 1.54) is 11.8 Å². The molecule has 0 unspecified atom stereocenters. The summed E-state index contributed by atoms with van der Waals surface area (Å²) in [6.45, 7) is 2.11. The van der Waals surface area contributed by atoms with Gasteiger partial charge in [-0.05, 0) is 55.5 Å². The zero-order chi connectivity index (χ0) is 19.2. The maximum atomic E-state index is 11.7. The maximum Gasteiger partial charge on any atom is 0.316 e. The molecule has 7 nitrogen and oxygen atoms in total. The number of carbonyl (C=O) groups is 1. The van der Waals surface area contributed by atoms with Crippen LogP contribution in [0.4, 0.5) is 0 Å². The monoisotopic (exact) mass is 385 g/mol. The topological polar surface area (TPSA) is 86.5 Å². The van der Waals surface area contributed by atoms with Crippen LogP contribution in [-0.4, -0.2) is 45.3 Å². The van der Waals surface area contributed by atoms with E-state index in [2.05, 4.69) is 10.2 Å². The lowest BCUT2D eigenvalue weighted by Crippen LogP contribution is -2.08. The van der Waals surface area contributed by atoms with Crippen molar-refractivity contribution in [2.24, 2.45) is 0 Å². The number of hydrogen-bond donors (Lipinski definition) is 1. The minimum absolute atomic E-state index is 0.137. The zero-order valence-corrected chi connectivity index (χ0v) is 15.8. The van der Waals surface area contributed by atoms with Crippen molar-refractivity contribution in [3.63, 3.8) is 0 Å². The number of nitrogens with zero attached hydrogens (tertiary/aromatic N) is 3. The Hall–Kier alpha value is -3.00. The summed E-state index contributed by atoms with van der Waals surface area (Å²) in [4.78, 5) is 11.7. The molecule has 0 amide bonds. The molecule has 1 heterocycles. The average molecular weight is 385 g/mol. The number of phenols is 1. The molecule has 0 aliphatic heterocycles. The van der Waals surface area contributed by atoms with E-state index in [1.54, 1.807) is 38.3 Å². The molecule has 0 aliphatic rings. The minimum Gasteiger partial charge on any atom is -0.508 e. The van der Waals surface area contributed by atoms with E-state index in [0.29, 0.717) is 17.6 Å². The van der Waals surface area contributed by atoms with Crippen molar-refractivity contribution in [1.82, 2.24) is 14.8 Å². The molecule has 0 spiro atoms. The predicted octanol–water partition coefficient (Wildman–Crippen LogP) is 3.30. The Morgan fingerprint density at radius 1 is 1.11 bits per heavy atom. The van der Waals surface area contributed by atoms with Gasteiger partial charge in [0.25, 0.3) is 0 Å². The highest BCUT2D eigenvalue weighted by Crippen LogP contribution is 2.29. The Labute approximate surface area is 161 Å². The van der Waals surface area contributed by atoms with Gasteiger partial charge in [0.15, 0.2) is 11.0 Å². The normalized spacial score (nSPS) is 10.6. The second-order valence-electron chi connectivity index (χ2n) is 5.48. The third-order valence-corrected chi connectivity index (χ3v) is 4.62. The molecule has 1 aromatic heterocycles. The second kappa shape index (κ2) is 8.59.